The minimum absolute atomic E-state index is 0.0600. The summed E-state index contributed by atoms with van der Waals surface area (Å²) >= 11 is 0. The van der Waals surface area contributed by atoms with Crippen LogP contribution < -0.4 is 0 Å². The molecule has 1 saturated carbocycles. The van der Waals surface area contributed by atoms with E-state index in [-0.39, 0.29) is 6.61 Å². The summed E-state index contributed by atoms with van der Waals surface area (Å²) in [5.74, 6) is -1.12. The van der Waals surface area contributed by atoms with Gasteiger partial charge in [-0.3, -0.25) is 0 Å². The summed E-state index contributed by atoms with van der Waals surface area (Å²) in [6.07, 6.45) is 1.57. The maximum atomic E-state index is 13.2. The predicted molar refractivity (Wildman–Crippen MR) is 44.4 cm³/mol. The molecule has 3 heteroatoms. The lowest BCUT2D eigenvalue weighted by molar-refractivity contribution is 0.252. The van der Waals surface area contributed by atoms with E-state index < -0.39 is 17.0 Å². The third-order valence-corrected chi connectivity index (χ3v) is 2.66. The molecule has 0 bridgehead atoms. The Hall–Kier alpha value is -0.960. The fourth-order valence-electron chi connectivity index (χ4n) is 1.58. The van der Waals surface area contributed by atoms with E-state index in [0.29, 0.717) is 5.56 Å². The van der Waals surface area contributed by atoms with Crippen molar-refractivity contribution >= 4 is 0 Å². The van der Waals surface area contributed by atoms with Crippen LogP contribution in [0.1, 0.15) is 18.4 Å². The Labute approximate surface area is 75.0 Å². The Morgan fingerprint density at radius 3 is 2.46 bits per heavy atom. The van der Waals surface area contributed by atoms with Gasteiger partial charge in [-0.05, 0) is 24.5 Å². The number of hydrogen-bond acceptors (Lipinski definition) is 1. The van der Waals surface area contributed by atoms with Gasteiger partial charge in [-0.25, -0.2) is 8.78 Å². The molecule has 0 heterocycles. The van der Waals surface area contributed by atoms with Crippen LogP contribution >= 0.6 is 0 Å². The normalized spacial score (nSPS) is 18.7. The zero-order valence-electron chi connectivity index (χ0n) is 7.06. The van der Waals surface area contributed by atoms with Crippen molar-refractivity contribution in [2.75, 3.05) is 6.61 Å². The molecule has 1 nitrogen and oxygen atoms in total. The molecule has 1 aliphatic rings. The quantitative estimate of drug-likeness (QED) is 0.745. The highest BCUT2D eigenvalue weighted by atomic mass is 19.1. The largest absolute Gasteiger partial charge is 0.395 e. The molecule has 0 atom stereocenters. The van der Waals surface area contributed by atoms with Crippen LogP contribution in [0.25, 0.3) is 0 Å². The van der Waals surface area contributed by atoms with Gasteiger partial charge in [0.05, 0.1) is 6.61 Å². The molecule has 13 heavy (non-hydrogen) atoms. The summed E-state index contributed by atoms with van der Waals surface area (Å²) in [5, 5.41) is 9.04. The standard InChI is InChI=1S/C10H10F2O/c11-7-1-2-8(9(12)5-7)10(6-13)3-4-10/h1-2,5,13H,3-4,6H2. The van der Waals surface area contributed by atoms with Crippen molar-refractivity contribution in [2.45, 2.75) is 18.3 Å². The fraction of sp³-hybridized carbons (Fsp3) is 0.400. The van der Waals surface area contributed by atoms with Gasteiger partial charge in [0.15, 0.2) is 0 Å². The number of aliphatic hydroxyl groups excluding tert-OH is 1. The second-order valence-electron chi connectivity index (χ2n) is 3.56. The Bertz CT molecular complexity index is 332. The van der Waals surface area contributed by atoms with Gasteiger partial charge in [-0.15, -0.1) is 0 Å². The van der Waals surface area contributed by atoms with Gasteiger partial charge in [0.2, 0.25) is 0 Å². The minimum Gasteiger partial charge on any atom is -0.395 e. The van der Waals surface area contributed by atoms with E-state index in [1.165, 1.54) is 12.1 Å². The Kier molecular flexibility index (Phi) is 1.84. The van der Waals surface area contributed by atoms with Gasteiger partial charge in [-0.1, -0.05) is 6.07 Å². The number of halogens is 2. The summed E-state index contributed by atoms with van der Waals surface area (Å²) in [6.45, 7) is -0.0600. The highest BCUT2D eigenvalue weighted by Gasteiger charge is 2.45. The third kappa shape index (κ3) is 1.33. The Balaban J connectivity index is 2.41. The van der Waals surface area contributed by atoms with Crippen molar-refractivity contribution in [3.63, 3.8) is 0 Å². The van der Waals surface area contributed by atoms with Crippen LogP contribution in [0, 0.1) is 11.6 Å². The van der Waals surface area contributed by atoms with E-state index >= 15 is 0 Å². The molecular weight excluding hydrogens is 174 g/mol. The van der Waals surface area contributed by atoms with Crippen molar-refractivity contribution < 1.29 is 13.9 Å². The van der Waals surface area contributed by atoms with Crippen LogP contribution in [0.3, 0.4) is 0 Å². The summed E-state index contributed by atoms with van der Waals surface area (Å²) < 4.78 is 25.8. The van der Waals surface area contributed by atoms with E-state index in [4.69, 9.17) is 5.11 Å². The highest BCUT2D eigenvalue weighted by molar-refractivity contribution is 5.32. The monoisotopic (exact) mass is 184 g/mol. The van der Waals surface area contributed by atoms with Crippen molar-refractivity contribution in [3.05, 3.63) is 35.4 Å². The van der Waals surface area contributed by atoms with Crippen molar-refractivity contribution in [2.24, 2.45) is 0 Å². The average Bonchev–Trinajstić information content (AvgIpc) is 2.85. The van der Waals surface area contributed by atoms with Crippen molar-refractivity contribution in [3.8, 4) is 0 Å². The zero-order valence-corrected chi connectivity index (χ0v) is 7.06. The first-order valence-corrected chi connectivity index (χ1v) is 4.24. The fourth-order valence-corrected chi connectivity index (χ4v) is 1.58. The van der Waals surface area contributed by atoms with Gasteiger partial charge in [-0.2, -0.15) is 0 Å². The molecule has 1 fully saturated rings. The first kappa shape index (κ1) is 8.63. The Morgan fingerprint density at radius 2 is 2.00 bits per heavy atom. The van der Waals surface area contributed by atoms with Crippen LogP contribution in [0.5, 0.6) is 0 Å². The van der Waals surface area contributed by atoms with Crippen LogP contribution in [0.4, 0.5) is 8.78 Å². The van der Waals surface area contributed by atoms with E-state index in [1.807, 2.05) is 0 Å². The number of hydrogen-bond donors (Lipinski definition) is 1. The molecule has 0 spiro atoms. The van der Waals surface area contributed by atoms with E-state index in [2.05, 4.69) is 0 Å². The first-order chi connectivity index (χ1) is 6.18. The molecule has 0 amide bonds. The van der Waals surface area contributed by atoms with Gasteiger partial charge in [0.25, 0.3) is 0 Å². The second kappa shape index (κ2) is 2.77. The molecule has 0 radical (unpaired) electrons. The average molecular weight is 184 g/mol. The smallest absolute Gasteiger partial charge is 0.129 e. The highest BCUT2D eigenvalue weighted by Crippen LogP contribution is 2.48. The Morgan fingerprint density at radius 1 is 1.31 bits per heavy atom. The first-order valence-electron chi connectivity index (χ1n) is 4.24. The zero-order chi connectivity index (χ0) is 9.47. The number of aliphatic hydroxyl groups is 1. The molecule has 1 aliphatic carbocycles. The third-order valence-electron chi connectivity index (χ3n) is 2.66. The summed E-state index contributed by atoms with van der Waals surface area (Å²) in [4.78, 5) is 0. The van der Waals surface area contributed by atoms with E-state index in [9.17, 15) is 8.78 Å². The number of benzene rings is 1. The van der Waals surface area contributed by atoms with Crippen molar-refractivity contribution in [1.29, 1.82) is 0 Å². The topological polar surface area (TPSA) is 20.2 Å². The summed E-state index contributed by atoms with van der Waals surface area (Å²) in [7, 11) is 0. The molecule has 0 aliphatic heterocycles. The lowest BCUT2D eigenvalue weighted by Gasteiger charge is -2.12. The van der Waals surface area contributed by atoms with Gasteiger partial charge >= 0.3 is 0 Å². The molecule has 70 valence electrons. The second-order valence-corrected chi connectivity index (χ2v) is 3.56. The van der Waals surface area contributed by atoms with Crippen LogP contribution in [0.2, 0.25) is 0 Å². The lowest BCUT2D eigenvalue weighted by atomic mass is 9.96. The SMILES string of the molecule is OCC1(c2ccc(F)cc2F)CC1. The van der Waals surface area contributed by atoms with E-state index in [1.54, 1.807) is 0 Å². The molecule has 1 N–H and O–H groups in total. The lowest BCUT2D eigenvalue weighted by Crippen LogP contribution is -2.13. The van der Waals surface area contributed by atoms with Crippen LogP contribution in [-0.4, -0.2) is 11.7 Å². The molecule has 0 aromatic heterocycles. The molecule has 1 aromatic rings. The van der Waals surface area contributed by atoms with Gasteiger partial charge < -0.3 is 5.11 Å². The minimum atomic E-state index is -0.574. The maximum Gasteiger partial charge on any atom is 0.129 e. The van der Waals surface area contributed by atoms with E-state index in [0.717, 1.165) is 18.9 Å². The van der Waals surface area contributed by atoms with Crippen LogP contribution in [0.15, 0.2) is 18.2 Å². The van der Waals surface area contributed by atoms with Gasteiger partial charge in [0.1, 0.15) is 11.6 Å². The predicted octanol–water partition coefficient (Wildman–Crippen LogP) is 1.99. The molecule has 1 aromatic carbocycles. The maximum absolute atomic E-state index is 13.2. The molecule has 0 saturated heterocycles. The molecule has 2 rings (SSSR count). The number of rotatable bonds is 2. The van der Waals surface area contributed by atoms with Gasteiger partial charge in [0, 0.05) is 11.5 Å². The van der Waals surface area contributed by atoms with Crippen molar-refractivity contribution in [1.82, 2.24) is 0 Å². The molecule has 0 unspecified atom stereocenters. The summed E-state index contributed by atoms with van der Waals surface area (Å²) in [5.41, 5.74) is 0.0222. The molecular formula is C10H10F2O. The van der Waals surface area contributed by atoms with Crippen LogP contribution in [-0.2, 0) is 5.41 Å². The summed E-state index contributed by atoms with van der Waals surface area (Å²) in [6, 6.07) is 3.52.